The van der Waals surface area contributed by atoms with Gasteiger partial charge in [0.2, 0.25) is 5.91 Å². The van der Waals surface area contributed by atoms with E-state index in [1.54, 1.807) is 16.2 Å². The van der Waals surface area contributed by atoms with Gasteiger partial charge in [-0.05, 0) is 12.5 Å². The van der Waals surface area contributed by atoms with Gasteiger partial charge in [0.25, 0.3) is 5.91 Å². The number of carbonyl (C=O) groups excluding carboxylic acids is 2. The topological polar surface area (TPSA) is 49.4 Å². The molecule has 0 unspecified atom stereocenters. The molecule has 0 saturated carbocycles. The van der Waals surface area contributed by atoms with Gasteiger partial charge in [0.1, 0.15) is 6.04 Å². The largest absolute Gasteiger partial charge is 0.350 e. The van der Waals surface area contributed by atoms with Crippen molar-refractivity contribution >= 4 is 33.2 Å². The number of nitrogens with zero attached hydrogens (tertiary/aromatic N) is 1. The molecular formula is C14H12N2O2S. The van der Waals surface area contributed by atoms with Crippen molar-refractivity contribution in [3.05, 3.63) is 35.2 Å². The molecule has 0 spiro atoms. The van der Waals surface area contributed by atoms with E-state index in [9.17, 15) is 9.59 Å². The van der Waals surface area contributed by atoms with Crippen LogP contribution >= 0.6 is 11.3 Å². The summed E-state index contributed by atoms with van der Waals surface area (Å²) in [5.41, 5.74) is 0.723. The Labute approximate surface area is 114 Å². The first-order valence-corrected chi connectivity index (χ1v) is 7.19. The van der Waals surface area contributed by atoms with Crippen LogP contribution in [-0.2, 0) is 4.79 Å². The molecule has 2 aliphatic rings. The Morgan fingerprint density at radius 3 is 3.00 bits per heavy atom. The summed E-state index contributed by atoms with van der Waals surface area (Å²) in [4.78, 5) is 26.0. The molecule has 0 radical (unpaired) electrons. The SMILES string of the molecule is O=C1N[C@H]2C[C@@H]1N(C(=O)c1csc3ccccc13)C2. The first-order chi connectivity index (χ1) is 9.24. The molecule has 4 nitrogen and oxygen atoms in total. The van der Waals surface area contributed by atoms with Crippen LogP contribution in [0.2, 0.25) is 0 Å². The Balaban J connectivity index is 1.73. The van der Waals surface area contributed by atoms with E-state index in [1.807, 2.05) is 29.6 Å². The molecule has 5 heteroatoms. The minimum atomic E-state index is -0.267. The minimum Gasteiger partial charge on any atom is -0.350 e. The average Bonchev–Trinajstić information content (AvgIpc) is 3.10. The fourth-order valence-corrected chi connectivity index (χ4v) is 3.94. The van der Waals surface area contributed by atoms with Crippen LogP contribution in [0.25, 0.3) is 10.1 Å². The van der Waals surface area contributed by atoms with Gasteiger partial charge < -0.3 is 10.2 Å². The van der Waals surface area contributed by atoms with Gasteiger partial charge in [0.15, 0.2) is 0 Å². The molecule has 1 aromatic carbocycles. The minimum absolute atomic E-state index is 0.0101. The van der Waals surface area contributed by atoms with E-state index in [2.05, 4.69) is 5.32 Å². The van der Waals surface area contributed by atoms with Gasteiger partial charge >= 0.3 is 0 Å². The molecule has 2 aromatic rings. The molecule has 19 heavy (non-hydrogen) atoms. The van der Waals surface area contributed by atoms with Crippen LogP contribution in [0.4, 0.5) is 0 Å². The predicted octanol–water partition coefficient (Wildman–Crippen LogP) is 1.61. The Morgan fingerprint density at radius 2 is 2.21 bits per heavy atom. The summed E-state index contributed by atoms with van der Waals surface area (Å²) in [5, 5.41) is 5.78. The van der Waals surface area contributed by atoms with Gasteiger partial charge in [-0.25, -0.2) is 0 Å². The summed E-state index contributed by atoms with van der Waals surface area (Å²) in [7, 11) is 0. The lowest BCUT2D eigenvalue weighted by atomic mass is 10.1. The van der Waals surface area contributed by atoms with E-state index in [0.717, 1.165) is 22.1 Å². The summed E-state index contributed by atoms with van der Waals surface area (Å²) in [6.07, 6.45) is 0.757. The highest BCUT2D eigenvalue weighted by atomic mass is 32.1. The molecule has 2 amide bonds. The first-order valence-electron chi connectivity index (χ1n) is 6.31. The standard InChI is InChI=1S/C14H12N2O2S/c17-13-11-5-8(15-13)6-16(11)14(18)10-7-19-12-4-2-1-3-9(10)12/h1-4,7-8,11H,5-6H2,(H,15,17)/t8-,11-/m0/s1. The number of piperazine rings is 1. The Morgan fingerprint density at radius 1 is 1.37 bits per heavy atom. The number of benzene rings is 1. The number of fused-ring (bicyclic) bond motifs is 3. The second-order valence-electron chi connectivity index (χ2n) is 5.06. The van der Waals surface area contributed by atoms with Crippen molar-refractivity contribution in [1.82, 2.24) is 10.2 Å². The zero-order valence-electron chi connectivity index (χ0n) is 10.1. The number of rotatable bonds is 1. The van der Waals surface area contributed by atoms with Crippen LogP contribution in [0.3, 0.4) is 0 Å². The van der Waals surface area contributed by atoms with Gasteiger partial charge in [0.05, 0.1) is 5.56 Å². The number of carbonyl (C=O) groups is 2. The third-order valence-electron chi connectivity index (χ3n) is 3.92. The van der Waals surface area contributed by atoms with Crippen molar-refractivity contribution in [3.63, 3.8) is 0 Å². The summed E-state index contributed by atoms with van der Waals surface area (Å²) in [6, 6.07) is 7.77. The second-order valence-corrected chi connectivity index (χ2v) is 5.97. The van der Waals surface area contributed by atoms with Gasteiger partial charge in [-0.1, -0.05) is 18.2 Å². The third kappa shape index (κ3) is 1.51. The summed E-state index contributed by atoms with van der Waals surface area (Å²) < 4.78 is 1.11. The van der Waals surface area contributed by atoms with Gasteiger partial charge in [0, 0.05) is 28.1 Å². The summed E-state index contributed by atoms with van der Waals surface area (Å²) >= 11 is 1.57. The zero-order chi connectivity index (χ0) is 13.0. The number of hydrogen-bond donors (Lipinski definition) is 1. The zero-order valence-corrected chi connectivity index (χ0v) is 10.9. The molecule has 1 aromatic heterocycles. The molecular weight excluding hydrogens is 260 g/mol. The quantitative estimate of drug-likeness (QED) is 0.857. The van der Waals surface area contributed by atoms with Gasteiger partial charge in [-0.2, -0.15) is 0 Å². The van der Waals surface area contributed by atoms with Crippen molar-refractivity contribution < 1.29 is 9.59 Å². The fourth-order valence-electron chi connectivity index (χ4n) is 3.01. The van der Waals surface area contributed by atoms with Crippen molar-refractivity contribution in [3.8, 4) is 0 Å². The first kappa shape index (κ1) is 11.0. The van der Waals surface area contributed by atoms with Gasteiger partial charge in [-0.3, -0.25) is 9.59 Å². The lowest BCUT2D eigenvalue weighted by Gasteiger charge is -2.26. The Bertz CT molecular complexity index is 694. The monoisotopic (exact) mass is 272 g/mol. The van der Waals surface area contributed by atoms with E-state index in [4.69, 9.17) is 0 Å². The van der Waals surface area contributed by atoms with E-state index >= 15 is 0 Å². The van der Waals surface area contributed by atoms with E-state index in [-0.39, 0.29) is 23.9 Å². The fraction of sp³-hybridized carbons (Fsp3) is 0.286. The normalized spacial score (nSPS) is 25.1. The predicted molar refractivity (Wildman–Crippen MR) is 73.2 cm³/mol. The van der Waals surface area contributed by atoms with Crippen LogP contribution in [0.15, 0.2) is 29.6 Å². The van der Waals surface area contributed by atoms with Crippen LogP contribution in [-0.4, -0.2) is 35.3 Å². The van der Waals surface area contributed by atoms with Gasteiger partial charge in [-0.15, -0.1) is 11.3 Å². The smallest absolute Gasteiger partial charge is 0.256 e. The highest BCUT2D eigenvalue weighted by molar-refractivity contribution is 7.17. The maximum atomic E-state index is 12.6. The number of nitrogens with one attached hydrogen (secondary N) is 1. The lowest BCUT2D eigenvalue weighted by Crippen LogP contribution is -2.50. The maximum absolute atomic E-state index is 12.6. The van der Waals surface area contributed by atoms with Crippen molar-refractivity contribution in [2.24, 2.45) is 0 Å². The molecule has 2 atom stereocenters. The van der Waals surface area contributed by atoms with Crippen LogP contribution in [0.5, 0.6) is 0 Å². The summed E-state index contributed by atoms with van der Waals surface area (Å²) in [5.74, 6) is -0.0241. The Kier molecular flexibility index (Phi) is 2.20. The lowest BCUT2D eigenvalue weighted by molar-refractivity contribution is -0.124. The second kappa shape index (κ2) is 3.81. The number of amides is 2. The Hall–Kier alpha value is -1.88. The molecule has 2 bridgehead atoms. The molecule has 2 fully saturated rings. The molecule has 1 N–H and O–H groups in total. The molecule has 96 valence electrons. The van der Waals surface area contributed by atoms with E-state index < -0.39 is 0 Å². The summed E-state index contributed by atoms with van der Waals surface area (Å²) in [6.45, 7) is 0.638. The average molecular weight is 272 g/mol. The van der Waals surface area contributed by atoms with Crippen LogP contribution < -0.4 is 5.32 Å². The highest BCUT2D eigenvalue weighted by Crippen LogP contribution is 2.31. The molecule has 0 aliphatic carbocycles. The third-order valence-corrected chi connectivity index (χ3v) is 4.89. The van der Waals surface area contributed by atoms with Crippen molar-refractivity contribution in [2.75, 3.05) is 6.54 Å². The van der Waals surface area contributed by atoms with Crippen LogP contribution in [0, 0.1) is 0 Å². The maximum Gasteiger partial charge on any atom is 0.256 e. The highest BCUT2D eigenvalue weighted by Gasteiger charge is 2.46. The van der Waals surface area contributed by atoms with Crippen molar-refractivity contribution in [1.29, 1.82) is 0 Å². The van der Waals surface area contributed by atoms with Crippen LogP contribution in [0.1, 0.15) is 16.8 Å². The molecule has 3 heterocycles. The van der Waals surface area contributed by atoms with Crippen molar-refractivity contribution in [2.45, 2.75) is 18.5 Å². The van der Waals surface area contributed by atoms with E-state index in [1.165, 1.54) is 0 Å². The number of hydrogen-bond acceptors (Lipinski definition) is 3. The van der Waals surface area contributed by atoms with E-state index in [0.29, 0.717) is 6.54 Å². The molecule has 2 aliphatic heterocycles. The number of thiophene rings is 1. The molecule has 2 saturated heterocycles. The number of likely N-dealkylation sites (tertiary alicyclic amines) is 1. The molecule has 4 rings (SSSR count).